The molecule has 0 saturated heterocycles. The molecule has 1 N–H and O–H groups in total. The summed E-state index contributed by atoms with van der Waals surface area (Å²) in [6.07, 6.45) is 0.625. The van der Waals surface area contributed by atoms with E-state index in [1.807, 2.05) is 38.1 Å². The highest BCUT2D eigenvalue weighted by Crippen LogP contribution is 2.12. The molecule has 64 valence electrons. The molecule has 1 aromatic rings. The molecule has 0 saturated carbocycles. The third-order valence-electron chi connectivity index (χ3n) is 1.27. The van der Waals surface area contributed by atoms with Gasteiger partial charge in [-0.05, 0) is 18.6 Å². The van der Waals surface area contributed by atoms with Gasteiger partial charge in [0, 0.05) is 6.42 Å². The first-order chi connectivity index (χ1) is 5.72. The molecule has 0 aliphatic carbocycles. The van der Waals surface area contributed by atoms with Crippen LogP contribution in [0.3, 0.4) is 0 Å². The summed E-state index contributed by atoms with van der Waals surface area (Å²) in [4.78, 5) is 0. The first kappa shape index (κ1) is 10.5. The van der Waals surface area contributed by atoms with E-state index in [1.54, 1.807) is 6.07 Å². The second kappa shape index (κ2) is 6.23. The number of hydrogen-bond donors (Lipinski definition) is 1. The zero-order valence-corrected chi connectivity index (χ0v) is 7.41. The van der Waals surface area contributed by atoms with Crippen molar-refractivity contribution in [3.05, 3.63) is 29.8 Å². The van der Waals surface area contributed by atoms with Crippen LogP contribution in [0.15, 0.2) is 24.3 Å². The van der Waals surface area contributed by atoms with E-state index >= 15 is 0 Å². The van der Waals surface area contributed by atoms with Crippen LogP contribution in [0.1, 0.15) is 18.9 Å². The standard InChI is InChI=1S/C7H8O.C3H5N/c1-6-4-2-3-5-7(6)8;1-2-3-4/h2-5,8H,1H3;2H2,1H3. The Bertz CT molecular complexity index is 242. The van der Waals surface area contributed by atoms with E-state index in [0.29, 0.717) is 12.2 Å². The number of hydrogen-bond acceptors (Lipinski definition) is 2. The maximum atomic E-state index is 8.92. The molecule has 0 aromatic heterocycles. The van der Waals surface area contributed by atoms with Gasteiger partial charge in [-0.3, -0.25) is 0 Å². The van der Waals surface area contributed by atoms with Crippen LogP contribution in [0.5, 0.6) is 5.75 Å². The van der Waals surface area contributed by atoms with Gasteiger partial charge in [0.15, 0.2) is 0 Å². The number of benzene rings is 1. The summed E-state index contributed by atoms with van der Waals surface area (Å²) in [6.45, 7) is 3.69. The topological polar surface area (TPSA) is 44.0 Å². The molecule has 0 radical (unpaired) electrons. The lowest BCUT2D eigenvalue weighted by Crippen LogP contribution is -1.68. The van der Waals surface area contributed by atoms with Crippen molar-refractivity contribution in [1.29, 1.82) is 5.26 Å². The van der Waals surface area contributed by atoms with Gasteiger partial charge in [0.1, 0.15) is 5.75 Å². The summed E-state index contributed by atoms with van der Waals surface area (Å²) in [6, 6.07) is 9.18. The number of para-hydroxylation sites is 1. The number of aromatic hydroxyl groups is 1. The molecule has 0 atom stereocenters. The van der Waals surface area contributed by atoms with E-state index in [0.717, 1.165) is 5.56 Å². The van der Waals surface area contributed by atoms with Gasteiger partial charge >= 0.3 is 0 Å². The smallest absolute Gasteiger partial charge is 0.118 e. The van der Waals surface area contributed by atoms with E-state index < -0.39 is 0 Å². The fourth-order valence-corrected chi connectivity index (χ4v) is 0.563. The van der Waals surface area contributed by atoms with Crippen LogP contribution in [0.4, 0.5) is 0 Å². The lowest BCUT2D eigenvalue weighted by atomic mass is 10.2. The molecule has 0 amide bonds. The van der Waals surface area contributed by atoms with Crippen molar-refractivity contribution in [1.82, 2.24) is 0 Å². The highest BCUT2D eigenvalue weighted by molar-refractivity contribution is 5.29. The van der Waals surface area contributed by atoms with Crippen LogP contribution in [0, 0.1) is 18.3 Å². The first-order valence-corrected chi connectivity index (χ1v) is 3.84. The molecule has 1 rings (SSSR count). The van der Waals surface area contributed by atoms with Crippen molar-refractivity contribution >= 4 is 0 Å². The summed E-state index contributed by atoms with van der Waals surface area (Å²) < 4.78 is 0. The van der Waals surface area contributed by atoms with Gasteiger partial charge in [-0.1, -0.05) is 25.1 Å². The van der Waals surface area contributed by atoms with Crippen LogP contribution in [0.25, 0.3) is 0 Å². The summed E-state index contributed by atoms with van der Waals surface area (Å²) in [7, 11) is 0. The Morgan fingerprint density at radius 2 is 1.92 bits per heavy atom. The minimum Gasteiger partial charge on any atom is -0.508 e. The number of rotatable bonds is 0. The van der Waals surface area contributed by atoms with Gasteiger partial charge in [-0.25, -0.2) is 0 Å². The summed E-state index contributed by atoms with van der Waals surface area (Å²) in [5, 5.41) is 16.5. The normalized spacial score (nSPS) is 7.75. The Morgan fingerprint density at radius 1 is 1.42 bits per heavy atom. The Hall–Kier alpha value is -1.49. The van der Waals surface area contributed by atoms with Gasteiger partial charge in [-0.2, -0.15) is 5.26 Å². The van der Waals surface area contributed by atoms with Crippen LogP contribution < -0.4 is 0 Å². The summed E-state index contributed by atoms with van der Waals surface area (Å²) >= 11 is 0. The SMILES string of the molecule is CCC#N.Cc1ccccc1O. The van der Waals surface area contributed by atoms with Crippen LogP contribution >= 0.6 is 0 Å². The molecule has 0 unspecified atom stereocenters. The monoisotopic (exact) mass is 163 g/mol. The fraction of sp³-hybridized carbons (Fsp3) is 0.300. The molecule has 0 aliphatic rings. The zero-order valence-electron chi connectivity index (χ0n) is 7.41. The van der Waals surface area contributed by atoms with Crippen molar-refractivity contribution in [3.8, 4) is 11.8 Å². The largest absolute Gasteiger partial charge is 0.508 e. The lowest BCUT2D eigenvalue weighted by Gasteiger charge is -1.92. The molecule has 0 bridgehead atoms. The number of nitrogens with zero attached hydrogens (tertiary/aromatic N) is 1. The minimum atomic E-state index is 0.368. The molecule has 1 aromatic carbocycles. The minimum absolute atomic E-state index is 0.368. The zero-order chi connectivity index (χ0) is 9.40. The number of nitriles is 1. The number of phenols is 1. The molecule has 12 heavy (non-hydrogen) atoms. The van der Waals surface area contributed by atoms with E-state index in [-0.39, 0.29) is 0 Å². The Kier molecular flexibility index (Phi) is 5.46. The molecule has 0 heterocycles. The molecule has 2 heteroatoms. The quantitative estimate of drug-likeness (QED) is 0.639. The van der Waals surface area contributed by atoms with E-state index in [2.05, 4.69) is 0 Å². The maximum Gasteiger partial charge on any atom is 0.118 e. The number of aryl methyl sites for hydroxylation is 1. The molecular formula is C10H13NO. The lowest BCUT2D eigenvalue weighted by molar-refractivity contribution is 0.471. The number of phenolic OH excluding ortho intramolecular Hbond substituents is 1. The molecular weight excluding hydrogens is 150 g/mol. The van der Waals surface area contributed by atoms with Gasteiger partial charge < -0.3 is 5.11 Å². The second-order valence-electron chi connectivity index (χ2n) is 2.30. The predicted molar refractivity (Wildman–Crippen MR) is 48.7 cm³/mol. The van der Waals surface area contributed by atoms with Crippen molar-refractivity contribution in [3.63, 3.8) is 0 Å². The van der Waals surface area contributed by atoms with Crippen LogP contribution in [-0.4, -0.2) is 5.11 Å². The van der Waals surface area contributed by atoms with Gasteiger partial charge in [0.05, 0.1) is 6.07 Å². The third-order valence-corrected chi connectivity index (χ3v) is 1.27. The molecule has 2 nitrogen and oxygen atoms in total. The van der Waals surface area contributed by atoms with Crippen LogP contribution in [0.2, 0.25) is 0 Å². The molecule has 0 spiro atoms. The average molecular weight is 163 g/mol. The van der Waals surface area contributed by atoms with Crippen molar-refractivity contribution in [2.24, 2.45) is 0 Å². The highest BCUT2D eigenvalue weighted by Gasteiger charge is 1.86. The predicted octanol–water partition coefficient (Wildman–Crippen LogP) is 2.62. The fourth-order valence-electron chi connectivity index (χ4n) is 0.563. The van der Waals surface area contributed by atoms with Gasteiger partial charge in [0.25, 0.3) is 0 Å². The van der Waals surface area contributed by atoms with E-state index in [1.165, 1.54) is 0 Å². The summed E-state index contributed by atoms with van der Waals surface area (Å²) in [5.74, 6) is 0.368. The molecule has 0 fully saturated rings. The second-order valence-corrected chi connectivity index (χ2v) is 2.30. The van der Waals surface area contributed by atoms with Crippen molar-refractivity contribution in [2.75, 3.05) is 0 Å². The van der Waals surface area contributed by atoms with Crippen LogP contribution in [-0.2, 0) is 0 Å². The Morgan fingerprint density at radius 3 is 2.17 bits per heavy atom. The first-order valence-electron chi connectivity index (χ1n) is 3.84. The summed E-state index contributed by atoms with van der Waals surface area (Å²) in [5.41, 5.74) is 0.924. The highest BCUT2D eigenvalue weighted by atomic mass is 16.3. The van der Waals surface area contributed by atoms with Gasteiger partial charge in [-0.15, -0.1) is 0 Å². The third kappa shape index (κ3) is 4.35. The van der Waals surface area contributed by atoms with E-state index in [4.69, 9.17) is 10.4 Å². The van der Waals surface area contributed by atoms with Crippen molar-refractivity contribution in [2.45, 2.75) is 20.3 Å². The Labute approximate surface area is 73.1 Å². The maximum absolute atomic E-state index is 8.92. The van der Waals surface area contributed by atoms with Crippen molar-refractivity contribution < 1.29 is 5.11 Å². The average Bonchev–Trinajstić information content (AvgIpc) is 2.11. The Balaban J connectivity index is 0.000000261. The van der Waals surface area contributed by atoms with Gasteiger partial charge in [0.2, 0.25) is 0 Å². The van der Waals surface area contributed by atoms with E-state index in [9.17, 15) is 0 Å². The molecule has 0 aliphatic heterocycles.